The first kappa shape index (κ1) is 18.1. The summed E-state index contributed by atoms with van der Waals surface area (Å²) in [5.74, 6) is -0.558. The summed E-state index contributed by atoms with van der Waals surface area (Å²) in [5.41, 5.74) is 2.67. The Labute approximate surface area is 154 Å². The summed E-state index contributed by atoms with van der Waals surface area (Å²) in [7, 11) is 0. The third kappa shape index (κ3) is 4.29. The van der Waals surface area contributed by atoms with Crippen molar-refractivity contribution in [3.63, 3.8) is 0 Å². The van der Waals surface area contributed by atoms with Crippen LogP contribution >= 0.6 is 0 Å². The molecule has 1 amide bonds. The van der Waals surface area contributed by atoms with Crippen LogP contribution in [0, 0.1) is 17.0 Å². The molecule has 3 aromatic rings. The second kappa shape index (κ2) is 7.68. The van der Waals surface area contributed by atoms with Crippen molar-refractivity contribution in [1.82, 2.24) is 19.6 Å². The van der Waals surface area contributed by atoms with Crippen molar-refractivity contribution in [1.29, 1.82) is 0 Å². The molecule has 3 aromatic heterocycles. The number of nitro groups is 1. The van der Waals surface area contributed by atoms with E-state index in [9.17, 15) is 14.9 Å². The molecule has 0 saturated heterocycles. The molecule has 0 radical (unpaired) electrons. The number of carbonyl (C=O) groups excluding carboxylic acids is 1. The molecule has 0 aliphatic heterocycles. The van der Waals surface area contributed by atoms with Gasteiger partial charge in [-0.3, -0.25) is 24.3 Å². The Kier molecular flexibility index (Phi) is 5.15. The van der Waals surface area contributed by atoms with Crippen LogP contribution in [0.15, 0.2) is 41.2 Å². The number of aromatic nitrogens is 4. The van der Waals surface area contributed by atoms with Crippen molar-refractivity contribution in [2.75, 3.05) is 5.32 Å². The van der Waals surface area contributed by atoms with Crippen LogP contribution < -0.4 is 5.32 Å². The van der Waals surface area contributed by atoms with Crippen LogP contribution in [0.3, 0.4) is 0 Å². The molecule has 3 heterocycles. The van der Waals surface area contributed by atoms with Crippen molar-refractivity contribution in [3.05, 3.63) is 63.9 Å². The molecule has 140 valence electrons. The molecule has 0 aliphatic carbocycles. The van der Waals surface area contributed by atoms with Gasteiger partial charge in [0.15, 0.2) is 0 Å². The molecular formula is C17H18N6O4. The van der Waals surface area contributed by atoms with Gasteiger partial charge in [0, 0.05) is 30.1 Å². The molecule has 27 heavy (non-hydrogen) atoms. The summed E-state index contributed by atoms with van der Waals surface area (Å²) >= 11 is 0. The van der Waals surface area contributed by atoms with Crippen LogP contribution in [0.2, 0.25) is 0 Å². The minimum absolute atomic E-state index is 0.218. The second-order valence-electron chi connectivity index (χ2n) is 5.75. The first-order valence-electron chi connectivity index (χ1n) is 8.23. The standard InChI is InChI=1S/C17H18N6O4/c1-3-22-12(2)13(8-19-22)10-21-11-14(9-18-21)20-16(24)6-4-15-5-7-17(27-15)23(25)26/h4-9,11H,3,10H2,1-2H3,(H,20,24)/b6-4+. The Balaban J connectivity index is 1.59. The number of anilines is 1. The maximum Gasteiger partial charge on any atom is 0.433 e. The third-order valence-corrected chi connectivity index (χ3v) is 3.93. The van der Waals surface area contributed by atoms with Gasteiger partial charge < -0.3 is 9.73 Å². The Morgan fingerprint density at radius 1 is 1.37 bits per heavy atom. The summed E-state index contributed by atoms with van der Waals surface area (Å²) in [6.07, 6.45) is 7.66. The van der Waals surface area contributed by atoms with Crippen molar-refractivity contribution in [2.24, 2.45) is 0 Å². The largest absolute Gasteiger partial charge is 0.433 e. The third-order valence-electron chi connectivity index (χ3n) is 3.93. The number of amides is 1. The first-order chi connectivity index (χ1) is 13.0. The second-order valence-corrected chi connectivity index (χ2v) is 5.75. The number of hydrogen-bond acceptors (Lipinski definition) is 6. The Morgan fingerprint density at radius 2 is 2.19 bits per heavy atom. The van der Waals surface area contributed by atoms with Crippen LogP contribution in [0.1, 0.15) is 23.9 Å². The van der Waals surface area contributed by atoms with Gasteiger partial charge in [0.1, 0.15) is 10.7 Å². The molecule has 0 fully saturated rings. The molecule has 10 heteroatoms. The lowest BCUT2D eigenvalue weighted by Gasteiger charge is -2.02. The smallest absolute Gasteiger partial charge is 0.401 e. The molecule has 0 aromatic carbocycles. The van der Waals surface area contributed by atoms with E-state index in [2.05, 4.69) is 15.5 Å². The van der Waals surface area contributed by atoms with Gasteiger partial charge in [0.05, 0.1) is 30.7 Å². The zero-order chi connectivity index (χ0) is 19.4. The van der Waals surface area contributed by atoms with Gasteiger partial charge in [-0.2, -0.15) is 10.2 Å². The van der Waals surface area contributed by atoms with E-state index in [-0.39, 0.29) is 11.6 Å². The molecule has 3 rings (SSSR count). The highest BCUT2D eigenvalue weighted by Gasteiger charge is 2.11. The van der Waals surface area contributed by atoms with E-state index in [1.54, 1.807) is 17.1 Å². The van der Waals surface area contributed by atoms with Crippen molar-refractivity contribution < 1.29 is 14.1 Å². The SMILES string of the molecule is CCn1ncc(Cn2cc(NC(=O)/C=C/c3ccc([N+](=O)[O-])o3)cn2)c1C. The highest BCUT2D eigenvalue weighted by molar-refractivity contribution is 6.01. The lowest BCUT2D eigenvalue weighted by atomic mass is 10.2. The molecule has 0 atom stereocenters. The Bertz CT molecular complexity index is 997. The summed E-state index contributed by atoms with van der Waals surface area (Å²) in [4.78, 5) is 21.9. The number of carbonyl (C=O) groups is 1. The number of furan rings is 1. The van der Waals surface area contributed by atoms with E-state index in [1.807, 2.05) is 24.7 Å². The van der Waals surface area contributed by atoms with Crippen LogP contribution in [-0.2, 0) is 17.9 Å². The predicted molar refractivity (Wildman–Crippen MR) is 97.0 cm³/mol. The molecule has 0 saturated carbocycles. The fraction of sp³-hybridized carbons (Fsp3) is 0.235. The summed E-state index contributed by atoms with van der Waals surface area (Å²) in [6, 6.07) is 2.64. The maximum absolute atomic E-state index is 12.0. The van der Waals surface area contributed by atoms with Crippen LogP contribution in [0.5, 0.6) is 0 Å². The van der Waals surface area contributed by atoms with E-state index < -0.39 is 10.8 Å². The lowest BCUT2D eigenvalue weighted by Crippen LogP contribution is -2.07. The highest BCUT2D eigenvalue weighted by atomic mass is 16.6. The van der Waals surface area contributed by atoms with E-state index in [0.717, 1.165) is 17.8 Å². The van der Waals surface area contributed by atoms with Crippen LogP contribution in [0.25, 0.3) is 6.08 Å². The van der Waals surface area contributed by atoms with Gasteiger partial charge in [0.2, 0.25) is 5.91 Å². The zero-order valence-electron chi connectivity index (χ0n) is 14.8. The summed E-state index contributed by atoms with van der Waals surface area (Å²) in [6.45, 7) is 5.38. The molecule has 1 N–H and O–H groups in total. The molecule has 10 nitrogen and oxygen atoms in total. The Morgan fingerprint density at radius 3 is 2.85 bits per heavy atom. The zero-order valence-corrected chi connectivity index (χ0v) is 14.8. The maximum atomic E-state index is 12.0. The van der Waals surface area contributed by atoms with E-state index in [4.69, 9.17) is 4.42 Å². The summed E-state index contributed by atoms with van der Waals surface area (Å²) < 4.78 is 8.56. The first-order valence-corrected chi connectivity index (χ1v) is 8.23. The number of nitrogens with one attached hydrogen (secondary N) is 1. The average Bonchev–Trinajstić information content (AvgIpc) is 3.35. The van der Waals surface area contributed by atoms with Gasteiger partial charge in [-0.15, -0.1) is 0 Å². The average molecular weight is 370 g/mol. The normalized spacial score (nSPS) is 11.2. The van der Waals surface area contributed by atoms with Gasteiger partial charge in [-0.1, -0.05) is 0 Å². The Hall–Kier alpha value is -3.69. The monoisotopic (exact) mass is 370 g/mol. The van der Waals surface area contributed by atoms with Crippen LogP contribution in [0.4, 0.5) is 11.6 Å². The van der Waals surface area contributed by atoms with Crippen LogP contribution in [-0.4, -0.2) is 30.4 Å². The fourth-order valence-corrected chi connectivity index (χ4v) is 2.52. The summed E-state index contributed by atoms with van der Waals surface area (Å²) in [5, 5.41) is 21.8. The number of rotatable bonds is 7. The number of hydrogen-bond donors (Lipinski definition) is 1. The molecular weight excluding hydrogens is 352 g/mol. The molecule has 0 unspecified atom stereocenters. The van der Waals surface area contributed by atoms with Gasteiger partial charge in [0.25, 0.3) is 0 Å². The van der Waals surface area contributed by atoms with E-state index in [0.29, 0.717) is 12.2 Å². The number of aryl methyl sites for hydroxylation is 1. The van der Waals surface area contributed by atoms with Gasteiger partial charge >= 0.3 is 5.88 Å². The van der Waals surface area contributed by atoms with Crippen molar-refractivity contribution >= 4 is 23.6 Å². The predicted octanol–water partition coefficient (Wildman–Crippen LogP) is 2.61. The van der Waals surface area contributed by atoms with Gasteiger partial charge in [-0.05, 0) is 26.0 Å². The van der Waals surface area contributed by atoms with Gasteiger partial charge in [-0.25, -0.2) is 0 Å². The van der Waals surface area contributed by atoms with Crippen molar-refractivity contribution in [2.45, 2.75) is 26.9 Å². The topological polar surface area (TPSA) is 121 Å². The van der Waals surface area contributed by atoms with E-state index >= 15 is 0 Å². The molecule has 0 aliphatic rings. The molecule has 0 spiro atoms. The quantitative estimate of drug-likeness (QED) is 0.388. The minimum atomic E-state index is -0.641. The van der Waals surface area contributed by atoms with E-state index in [1.165, 1.54) is 24.3 Å². The lowest BCUT2D eigenvalue weighted by molar-refractivity contribution is -0.402. The van der Waals surface area contributed by atoms with Crippen molar-refractivity contribution in [3.8, 4) is 0 Å². The highest BCUT2D eigenvalue weighted by Crippen LogP contribution is 2.17. The molecule has 0 bridgehead atoms. The number of nitrogens with zero attached hydrogens (tertiary/aromatic N) is 5. The fourth-order valence-electron chi connectivity index (χ4n) is 2.52. The minimum Gasteiger partial charge on any atom is -0.401 e.